The normalized spacial score (nSPS) is 20.9. The lowest BCUT2D eigenvalue weighted by Crippen LogP contribution is -2.56. The van der Waals surface area contributed by atoms with Gasteiger partial charge in [-0.2, -0.15) is 0 Å². The molecule has 2 unspecified atom stereocenters. The maximum Gasteiger partial charge on any atom is 0.251 e. The van der Waals surface area contributed by atoms with Crippen LogP contribution in [0, 0.1) is 11.8 Å². The molecule has 2 amide bonds. The lowest BCUT2D eigenvalue weighted by atomic mass is 9.88. The highest BCUT2D eigenvalue weighted by Gasteiger charge is 2.32. The predicted molar refractivity (Wildman–Crippen MR) is 110 cm³/mol. The van der Waals surface area contributed by atoms with E-state index in [0.717, 1.165) is 13.1 Å². The van der Waals surface area contributed by atoms with Gasteiger partial charge >= 0.3 is 0 Å². The molecule has 5 nitrogen and oxygen atoms in total. The molecule has 0 radical (unpaired) electrons. The van der Waals surface area contributed by atoms with Gasteiger partial charge in [0.25, 0.3) is 5.91 Å². The van der Waals surface area contributed by atoms with Crippen LogP contribution in [0.5, 0.6) is 0 Å². The third-order valence-electron chi connectivity index (χ3n) is 5.35. The second kappa shape index (κ2) is 9.88. The van der Waals surface area contributed by atoms with Gasteiger partial charge in [-0.3, -0.25) is 14.5 Å². The van der Waals surface area contributed by atoms with E-state index in [1.54, 1.807) is 12.1 Å². The number of piperidine rings is 1. The summed E-state index contributed by atoms with van der Waals surface area (Å²) in [5.41, 5.74) is 0.605. The Morgan fingerprint density at radius 1 is 1.07 bits per heavy atom. The van der Waals surface area contributed by atoms with E-state index in [0.29, 0.717) is 43.3 Å². The van der Waals surface area contributed by atoms with Crippen molar-refractivity contribution in [1.29, 1.82) is 0 Å². The molecule has 2 rings (SSSR count). The van der Waals surface area contributed by atoms with Gasteiger partial charge in [-0.05, 0) is 50.7 Å². The number of benzene rings is 1. The van der Waals surface area contributed by atoms with E-state index in [1.165, 1.54) is 6.42 Å². The fourth-order valence-corrected chi connectivity index (χ4v) is 3.81. The largest absolute Gasteiger partial charge is 0.354 e. The van der Waals surface area contributed by atoms with Crippen molar-refractivity contribution in [2.24, 2.45) is 11.8 Å². The minimum absolute atomic E-state index is 0.0415. The van der Waals surface area contributed by atoms with Crippen molar-refractivity contribution in [3.8, 4) is 0 Å². The molecule has 0 aromatic heterocycles. The van der Waals surface area contributed by atoms with Crippen LogP contribution in [0.3, 0.4) is 0 Å². The van der Waals surface area contributed by atoms with Gasteiger partial charge in [-0.1, -0.05) is 32.0 Å². The van der Waals surface area contributed by atoms with Crippen molar-refractivity contribution in [1.82, 2.24) is 15.5 Å². The summed E-state index contributed by atoms with van der Waals surface area (Å²) in [7, 11) is 0. The maximum atomic E-state index is 12.2. The summed E-state index contributed by atoms with van der Waals surface area (Å²) in [5.74, 6) is 1.37. The molecular formula is C22H35N3O2. The summed E-state index contributed by atoms with van der Waals surface area (Å²) >= 11 is 0. The number of rotatable bonds is 8. The Kier molecular flexibility index (Phi) is 7.84. The highest BCUT2D eigenvalue weighted by atomic mass is 16.2. The Morgan fingerprint density at radius 3 is 2.33 bits per heavy atom. The number of amides is 2. The Balaban J connectivity index is 1.66. The van der Waals surface area contributed by atoms with Gasteiger partial charge < -0.3 is 10.6 Å². The van der Waals surface area contributed by atoms with E-state index in [1.807, 2.05) is 18.2 Å². The Labute approximate surface area is 163 Å². The average Bonchev–Trinajstić information content (AvgIpc) is 2.63. The van der Waals surface area contributed by atoms with Crippen molar-refractivity contribution in [2.45, 2.75) is 52.5 Å². The third-order valence-corrected chi connectivity index (χ3v) is 5.35. The van der Waals surface area contributed by atoms with Crippen LogP contribution in [-0.4, -0.2) is 48.4 Å². The monoisotopic (exact) mass is 373 g/mol. The summed E-state index contributed by atoms with van der Waals surface area (Å²) in [6.45, 7) is 12.4. The molecule has 2 atom stereocenters. The zero-order valence-corrected chi connectivity index (χ0v) is 17.3. The molecule has 1 aliphatic heterocycles. The number of likely N-dealkylation sites (tertiary alicyclic amines) is 1. The second-order valence-corrected chi connectivity index (χ2v) is 8.67. The van der Waals surface area contributed by atoms with Gasteiger partial charge in [-0.25, -0.2) is 0 Å². The Hall–Kier alpha value is -1.88. The maximum absolute atomic E-state index is 12.2. The highest BCUT2D eigenvalue weighted by molar-refractivity contribution is 5.94. The summed E-state index contributed by atoms with van der Waals surface area (Å²) in [6.07, 6.45) is 2.36. The third kappa shape index (κ3) is 6.98. The molecule has 27 heavy (non-hydrogen) atoms. The lowest BCUT2D eigenvalue weighted by Gasteiger charge is -2.45. The smallest absolute Gasteiger partial charge is 0.251 e. The number of carbonyl (C=O) groups is 2. The van der Waals surface area contributed by atoms with Crippen LogP contribution in [0.15, 0.2) is 30.3 Å². The van der Waals surface area contributed by atoms with Crippen LogP contribution >= 0.6 is 0 Å². The van der Waals surface area contributed by atoms with E-state index in [-0.39, 0.29) is 17.4 Å². The van der Waals surface area contributed by atoms with Crippen molar-refractivity contribution in [3.05, 3.63) is 35.9 Å². The van der Waals surface area contributed by atoms with Gasteiger partial charge in [0, 0.05) is 43.7 Å². The number of nitrogens with zero attached hydrogens (tertiary/aromatic N) is 1. The van der Waals surface area contributed by atoms with Crippen LogP contribution in [0.4, 0.5) is 0 Å². The summed E-state index contributed by atoms with van der Waals surface area (Å²) in [5, 5.41) is 5.94. The minimum atomic E-state index is -0.0921. The first kappa shape index (κ1) is 21.4. The summed E-state index contributed by atoms with van der Waals surface area (Å²) in [6, 6.07) is 9.13. The van der Waals surface area contributed by atoms with Crippen LogP contribution in [0.1, 0.15) is 57.3 Å². The molecular weight excluding hydrogens is 338 g/mol. The predicted octanol–water partition coefficient (Wildman–Crippen LogP) is 3.07. The zero-order chi connectivity index (χ0) is 19.9. The first-order chi connectivity index (χ1) is 12.8. The van der Waals surface area contributed by atoms with Gasteiger partial charge in [0.15, 0.2) is 0 Å². The zero-order valence-electron chi connectivity index (χ0n) is 17.3. The van der Waals surface area contributed by atoms with Gasteiger partial charge in [-0.15, -0.1) is 0 Å². The number of hydrogen-bond acceptors (Lipinski definition) is 3. The standard InChI is InChI=1S/C22H35N3O2/c1-17-13-18(2)15-25(14-17)22(3,4)16-24-20(26)11-8-12-23-21(27)19-9-6-5-7-10-19/h5-7,9-10,17-18H,8,11-16H2,1-4H3,(H,23,27)(H,24,26). The first-order valence-electron chi connectivity index (χ1n) is 10.1. The van der Waals surface area contributed by atoms with E-state index in [2.05, 4.69) is 43.2 Å². The van der Waals surface area contributed by atoms with E-state index < -0.39 is 0 Å². The van der Waals surface area contributed by atoms with Gasteiger partial charge in [0.2, 0.25) is 5.91 Å². The van der Waals surface area contributed by atoms with E-state index >= 15 is 0 Å². The summed E-state index contributed by atoms with van der Waals surface area (Å²) < 4.78 is 0. The molecule has 1 heterocycles. The van der Waals surface area contributed by atoms with Crippen molar-refractivity contribution < 1.29 is 9.59 Å². The van der Waals surface area contributed by atoms with Gasteiger partial charge in [0.05, 0.1) is 0 Å². The fraction of sp³-hybridized carbons (Fsp3) is 0.636. The van der Waals surface area contributed by atoms with E-state index in [9.17, 15) is 9.59 Å². The van der Waals surface area contributed by atoms with E-state index in [4.69, 9.17) is 0 Å². The van der Waals surface area contributed by atoms with Crippen LogP contribution in [-0.2, 0) is 4.79 Å². The SMILES string of the molecule is CC1CC(C)CN(C(C)(C)CNC(=O)CCCNC(=O)c2ccccc2)C1. The molecule has 5 heteroatoms. The van der Waals surface area contributed by atoms with Crippen molar-refractivity contribution in [3.63, 3.8) is 0 Å². The van der Waals surface area contributed by atoms with Crippen LogP contribution in [0.25, 0.3) is 0 Å². The first-order valence-corrected chi connectivity index (χ1v) is 10.1. The van der Waals surface area contributed by atoms with Crippen LogP contribution < -0.4 is 10.6 Å². The average molecular weight is 374 g/mol. The highest BCUT2D eigenvalue weighted by Crippen LogP contribution is 2.26. The van der Waals surface area contributed by atoms with Crippen LogP contribution in [0.2, 0.25) is 0 Å². The summed E-state index contributed by atoms with van der Waals surface area (Å²) in [4.78, 5) is 26.6. The molecule has 0 saturated carbocycles. The number of carbonyl (C=O) groups excluding carboxylic acids is 2. The van der Waals surface area contributed by atoms with Crippen molar-refractivity contribution in [2.75, 3.05) is 26.2 Å². The molecule has 2 N–H and O–H groups in total. The second-order valence-electron chi connectivity index (χ2n) is 8.67. The molecule has 0 spiro atoms. The van der Waals surface area contributed by atoms with Crippen molar-refractivity contribution >= 4 is 11.8 Å². The molecule has 0 bridgehead atoms. The number of nitrogens with one attached hydrogen (secondary N) is 2. The molecule has 1 aliphatic rings. The molecule has 1 saturated heterocycles. The molecule has 150 valence electrons. The molecule has 1 aromatic carbocycles. The molecule has 1 aromatic rings. The number of hydrogen-bond donors (Lipinski definition) is 2. The topological polar surface area (TPSA) is 61.4 Å². The molecule has 0 aliphatic carbocycles. The Bertz CT molecular complexity index is 605. The quantitative estimate of drug-likeness (QED) is 0.689. The fourth-order valence-electron chi connectivity index (χ4n) is 3.81. The van der Waals surface area contributed by atoms with Gasteiger partial charge in [0.1, 0.15) is 0 Å². The lowest BCUT2D eigenvalue weighted by molar-refractivity contribution is -0.121. The minimum Gasteiger partial charge on any atom is -0.354 e. The molecule has 1 fully saturated rings. The Morgan fingerprint density at radius 2 is 1.70 bits per heavy atom.